The molecule has 0 aliphatic heterocycles. The van der Waals surface area contributed by atoms with Crippen LogP contribution in [0.1, 0.15) is 11.7 Å². The highest BCUT2D eigenvalue weighted by Crippen LogP contribution is 2.15. The number of nitrogens with one attached hydrogen (secondary N) is 2. The van der Waals surface area contributed by atoms with Crippen molar-refractivity contribution in [3.63, 3.8) is 0 Å². The largest absolute Gasteiger partial charge is 0.359 e. The van der Waals surface area contributed by atoms with Gasteiger partial charge in [0.15, 0.2) is 5.11 Å². The molecule has 0 saturated heterocycles. The normalized spacial score (nSPS) is 11.7. The zero-order valence-corrected chi connectivity index (χ0v) is 12.1. The zero-order valence-electron chi connectivity index (χ0n) is 10.5. The Morgan fingerprint density at radius 3 is 2.65 bits per heavy atom. The first-order valence-electron chi connectivity index (χ1n) is 6.00. The Bertz CT molecular complexity index is 562. The molecule has 2 aromatic rings. The van der Waals surface area contributed by atoms with E-state index in [0.717, 1.165) is 0 Å². The fraction of sp³-hybridized carbons (Fsp3) is 0.143. The van der Waals surface area contributed by atoms with Gasteiger partial charge in [0.25, 0.3) is 0 Å². The number of halogens is 2. The Morgan fingerprint density at radius 2 is 2.00 bits per heavy atom. The van der Waals surface area contributed by atoms with Crippen molar-refractivity contribution in [1.82, 2.24) is 10.3 Å². The summed E-state index contributed by atoms with van der Waals surface area (Å²) < 4.78 is 13.9. The topological polar surface area (TPSA) is 37.0 Å². The third kappa shape index (κ3) is 4.43. The van der Waals surface area contributed by atoms with Crippen molar-refractivity contribution in [3.05, 3.63) is 59.2 Å². The van der Waals surface area contributed by atoms with Crippen LogP contribution in [0.2, 0.25) is 5.02 Å². The molecule has 0 saturated carbocycles. The van der Waals surface area contributed by atoms with E-state index in [9.17, 15) is 4.39 Å². The van der Waals surface area contributed by atoms with E-state index in [1.54, 1.807) is 36.4 Å². The van der Waals surface area contributed by atoms with Crippen LogP contribution in [0.5, 0.6) is 0 Å². The van der Waals surface area contributed by atoms with Gasteiger partial charge in [0, 0.05) is 6.20 Å². The number of hydrogen-bond donors (Lipinski definition) is 2. The number of hydrogen-bond acceptors (Lipinski definition) is 2. The molecule has 104 valence electrons. The monoisotopic (exact) mass is 309 g/mol. The van der Waals surface area contributed by atoms with Gasteiger partial charge in [-0.1, -0.05) is 41.9 Å². The minimum atomic E-state index is -1.12. The van der Waals surface area contributed by atoms with E-state index >= 15 is 0 Å². The lowest BCUT2D eigenvalue weighted by molar-refractivity contribution is 0.343. The van der Waals surface area contributed by atoms with Crippen molar-refractivity contribution in [1.29, 1.82) is 0 Å². The molecule has 1 unspecified atom stereocenters. The van der Waals surface area contributed by atoms with Crippen LogP contribution in [0.25, 0.3) is 0 Å². The molecular weight excluding hydrogens is 297 g/mol. The third-order valence-electron chi connectivity index (χ3n) is 2.57. The van der Waals surface area contributed by atoms with Crippen molar-refractivity contribution >= 4 is 34.7 Å². The van der Waals surface area contributed by atoms with Gasteiger partial charge in [0.05, 0.1) is 11.6 Å². The van der Waals surface area contributed by atoms with Crippen molar-refractivity contribution in [3.8, 4) is 0 Å². The summed E-state index contributed by atoms with van der Waals surface area (Å²) in [6.45, 7) is 0.101. The van der Waals surface area contributed by atoms with Gasteiger partial charge in [-0.25, -0.2) is 9.37 Å². The van der Waals surface area contributed by atoms with Crippen LogP contribution >= 0.6 is 23.8 Å². The van der Waals surface area contributed by atoms with E-state index in [-0.39, 0.29) is 6.54 Å². The molecule has 2 N–H and O–H groups in total. The lowest BCUT2D eigenvalue weighted by Crippen LogP contribution is -2.31. The summed E-state index contributed by atoms with van der Waals surface area (Å²) in [5.41, 5.74) is 0.618. The summed E-state index contributed by atoms with van der Waals surface area (Å²) in [6.07, 6.45) is 0.392. The fourth-order valence-corrected chi connectivity index (χ4v) is 1.87. The van der Waals surface area contributed by atoms with Crippen LogP contribution in [-0.2, 0) is 0 Å². The van der Waals surface area contributed by atoms with Gasteiger partial charge in [-0.3, -0.25) is 0 Å². The summed E-state index contributed by atoms with van der Waals surface area (Å²) >= 11 is 10.8. The molecule has 0 aliphatic rings. The quantitative estimate of drug-likeness (QED) is 0.844. The summed E-state index contributed by atoms with van der Waals surface area (Å²) in [5, 5.41) is 6.54. The Balaban J connectivity index is 1.82. The van der Waals surface area contributed by atoms with E-state index < -0.39 is 6.17 Å². The number of aromatic nitrogens is 1. The Hall–Kier alpha value is -1.72. The molecule has 1 aromatic carbocycles. The van der Waals surface area contributed by atoms with E-state index in [4.69, 9.17) is 23.8 Å². The predicted molar refractivity (Wildman–Crippen MR) is 83.8 cm³/mol. The van der Waals surface area contributed by atoms with Crippen molar-refractivity contribution in [2.24, 2.45) is 0 Å². The van der Waals surface area contributed by atoms with Crippen molar-refractivity contribution in [2.45, 2.75) is 6.17 Å². The summed E-state index contributed by atoms with van der Waals surface area (Å²) in [5.74, 6) is 0.557. The van der Waals surface area contributed by atoms with Gasteiger partial charge in [0.1, 0.15) is 12.0 Å². The first-order valence-corrected chi connectivity index (χ1v) is 6.79. The third-order valence-corrected chi connectivity index (χ3v) is 3.04. The van der Waals surface area contributed by atoms with E-state index in [0.29, 0.717) is 21.5 Å². The summed E-state index contributed by atoms with van der Waals surface area (Å²) in [4.78, 5) is 4.04. The maximum Gasteiger partial charge on any atom is 0.172 e. The van der Waals surface area contributed by atoms with Crippen molar-refractivity contribution < 1.29 is 4.39 Å². The van der Waals surface area contributed by atoms with Crippen LogP contribution in [0, 0.1) is 0 Å². The number of rotatable bonds is 4. The second kappa shape index (κ2) is 7.17. The van der Waals surface area contributed by atoms with Gasteiger partial charge in [-0.2, -0.15) is 0 Å². The number of benzene rings is 1. The molecule has 3 nitrogen and oxygen atoms in total. The number of thiocarbonyl (C=S) groups is 1. The lowest BCUT2D eigenvalue weighted by atomic mass is 10.1. The number of alkyl halides is 1. The second-order valence-electron chi connectivity index (χ2n) is 4.07. The zero-order chi connectivity index (χ0) is 14.4. The maximum atomic E-state index is 13.9. The average molecular weight is 310 g/mol. The Kier molecular flexibility index (Phi) is 5.26. The van der Waals surface area contributed by atoms with Gasteiger partial charge in [-0.15, -0.1) is 0 Å². The molecule has 1 atom stereocenters. The molecule has 1 aromatic heterocycles. The van der Waals surface area contributed by atoms with Gasteiger partial charge >= 0.3 is 0 Å². The molecule has 0 fully saturated rings. The second-order valence-corrected chi connectivity index (χ2v) is 4.92. The molecule has 20 heavy (non-hydrogen) atoms. The standard InChI is InChI=1S/C14H13ClFN3S/c15-11-6-7-13(17-8-11)19-14(20)18-9-12(16)10-4-2-1-3-5-10/h1-8,12H,9H2,(H2,17,18,19,20). The maximum absolute atomic E-state index is 13.9. The molecule has 6 heteroatoms. The van der Waals surface area contributed by atoms with E-state index in [1.807, 2.05) is 6.07 Å². The molecule has 0 spiro atoms. The Morgan fingerprint density at radius 1 is 1.25 bits per heavy atom. The van der Waals surface area contributed by atoms with Gasteiger partial charge in [-0.05, 0) is 29.9 Å². The van der Waals surface area contributed by atoms with E-state index in [1.165, 1.54) is 6.20 Å². The first-order chi connectivity index (χ1) is 9.65. The highest BCUT2D eigenvalue weighted by molar-refractivity contribution is 7.80. The molecule has 0 amide bonds. The van der Waals surface area contributed by atoms with Crippen LogP contribution in [0.4, 0.5) is 10.2 Å². The van der Waals surface area contributed by atoms with E-state index in [2.05, 4.69) is 15.6 Å². The first kappa shape index (κ1) is 14.7. The summed E-state index contributed by atoms with van der Waals surface area (Å²) in [7, 11) is 0. The smallest absolute Gasteiger partial charge is 0.172 e. The lowest BCUT2D eigenvalue weighted by Gasteiger charge is -2.12. The van der Waals surface area contributed by atoms with Crippen LogP contribution in [0.15, 0.2) is 48.7 Å². The van der Waals surface area contributed by atoms with Crippen molar-refractivity contribution in [2.75, 3.05) is 11.9 Å². The van der Waals surface area contributed by atoms with Crippen LogP contribution in [-0.4, -0.2) is 16.6 Å². The van der Waals surface area contributed by atoms with Gasteiger partial charge in [0.2, 0.25) is 0 Å². The predicted octanol–water partition coefficient (Wildman–Crippen LogP) is 3.73. The minimum absolute atomic E-state index is 0.101. The number of pyridine rings is 1. The average Bonchev–Trinajstić information content (AvgIpc) is 2.48. The van der Waals surface area contributed by atoms with Crippen LogP contribution < -0.4 is 10.6 Å². The fourth-order valence-electron chi connectivity index (χ4n) is 1.57. The molecule has 0 radical (unpaired) electrons. The Labute approximate surface area is 127 Å². The highest BCUT2D eigenvalue weighted by atomic mass is 35.5. The molecule has 0 aliphatic carbocycles. The molecule has 1 heterocycles. The molecular formula is C14H13ClFN3S. The number of nitrogens with zero attached hydrogens (tertiary/aromatic N) is 1. The van der Waals surface area contributed by atoms with Gasteiger partial charge < -0.3 is 10.6 Å². The summed E-state index contributed by atoms with van der Waals surface area (Å²) in [6, 6.07) is 12.3. The molecule has 2 rings (SSSR count). The highest BCUT2D eigenvalue weighted by Gasteiger charge is 2.09. The SMILES string of the molecule is FC(CNC(=S)Nc1ccc(Cl)cn1)c1ccccc1. The molecule has 0 bridgehead atoms. The minimum Gasteiger partial charge on any atom is -0.359 e. The van der Waals surface area contributed by atoms with Crippen LogP contribution in [0.3, 0.4) is 0 Å². The number of anilines is 1.